The number of hydrogen-bond acceptors (Lipinski definition) is 6. The summed E-state index contributed by atoms with van der Waals surface area (Å²) >= 11 is 3.31. The van der Waals surface area contributed by atoms with Gasteiger partial charge in [0, 0.05) is 6.54 Å². The molecular weight excluding hydrogens is 396 g/mol. The van der Waals surface area contributed by atoms with E-state index in [9.17, 15) is 14.4 Å². The van der Waals surface area contributed by atoms with Crippen molar-refractivity contribution in [2.75, 3.05) is 19.8 Å². The van der Waals surface area contributed by atoms with Crippen molar-refractivity contribution in [3.05, 3.63) is 22.2 Å². The van der Waals surface area contributed by atoms with Gasteiger partial charge in [-0.05, 0) is 47.5 Å². The van der Waals surface area contributed by atoms with Gasteiger partial charge in [0.25, 0.3) is 5.91 Å². The van der Waals surface area contributed by atoms with E-state index in [-0.39, 0.29) is 6.61 Å². The second kappa shape index (κ2) is 10.3. The summed E-state index contributed by atoms with van der Waals surface area (Å²) in [5, 5.41) is 6.07. The maximum Gasteiger partial charge on any atom is 0.329 e. The molecule has 0 saturated heterocycles. The zero-order valence-corrected chi connectivity index (χ0v) is 15.4. The molecule has 3 amide bonds. The molecule has 10 heteroatoms. The molecule has 0 bridgehead atoms. The van der Waals surface area contributed by atoms with Gasteiger partial charge in [0.1, 0.15) is 0 Å². The Morgan fingerprint density at radius 2 is 1.96 bits per heavy atom. The normalized spacial score (nSPS) is 10.4. The van der Waals surface area contributed by atoms with Crippen LogP contribution >= 0.6 is 15.9 Å². The molecule has 0 aliphatic heterocycles. The standard InChI is InChI=1S/C15H19BrN4O5/c1-3-18-14(22)15(23)20-19-7-9-5-10(16)13(25-8-12(17)21)11(6-9)24-4-2/h5-7H,3-4,8H2,1-2H3,(H2,17,21)(H,18,22)(H,20,23)/b19-7-. The predicted molar refractivity (Wildman–Crippen MR) is 94.4 cm³/mol. The van der Waals surface area contributed by atoms with Crippen molar-refractivity contribution in [1.29, 1.82) is 0 Å². The Labute approximate surface area is 153 Å². The van der Waals surface area contributed by atoms with Crippen LogP contribution in [0.5, 0.6) is 11.5 Å². The first kappa shape index (κ1) is 20.4. The Balaban J connectivity index is 2.90. The third-order valence-corrected chi connectivity index (χ3v) is 3.20. The zero-order chi connectivity index (χ0) is 18.8. The second-order valence-corrected chi connectivity index (χ2v) is 5.43. The highest BCUT2D eigenvalue weighted by atomic mass is 79.9. The van der Waals surface area contributed by atoms with E-state index in [1.54, 1.807) is 26.0 Å². The molecule has 0 unspecified atom stereocenters. The molecule has 1 aromatic rings. The smallest absolute Gasteiger partial charge is 0.329 e. The molecule has 0 radical (unpaired) electrons. The Kier molecular flexibility index (Phi) is 8.40. The number of ether oxygens (including phenoxy) is 2. The van der Waals surface area contributed by atoms with E-state index in [4.69, 9.17) is 15.2 Å². The summed E-state index contributed by atoms with van der Waals surface area (Å²) < 4.78 is 11.3. The third kappa shape index (κ3) is 6.79. The summed E-state index contributed by atoms with van der Waals surface area (Å²) in [6.45, 7) is 3.90. The fourth-order valence-corrected chi connectivity index (χ4v) is 2.24. The third-order valence-electron chi connectivity index (χ3n) is 2.61. The van der Waals surface area contributed by atoms with Gasteiger partial charge in [0.15, 0.2) is 18.1 Å². The van der Waals surface area contributed by atoms with Gasteiger partial charge in [0.2, 0.25) is 0 Å². The molecule has 0 atom stereocenters. The van der Waals surface area contributed by atoms with Crippen LogP contribution in [0.4, 0.5) is 0 Å². The minimum Gasteiger partial charge on any atom is -0.490 e. The average molecular weight is 415 g/mol. The first-order valence-electron chi connectivity index (χ1n) is 7.37. The quantitative estimate of drug-likeness (QED) is 0.319. The zero-order valence-electron chi connectivity index (χ0n) is 13.8. The average Bonchev–Trinajstić information content (AvgIpc) is 2.54. The fourth-order valence-electron chi connectivity index (χ4n) is 1.67. The fraction of sp³-hybridized carbons (Fsp3) is 0.333. The number of nitrogens with two attached hydrogens (primary N) is 1. The monoisotopic (exact) mass is 414 g/mol. The molecule has 0 fully saturated rings. The van der Waals surface area contributed by atoms with Crippen LogP contribution in [0, 0.1) is 0 Å². The van der Waals surface area contributed by atoms with Gasteiger partial charge in [-0.15, -0.1) is 0 Å². The van der Waals surface area contributed by atoms with E-state index in [2.05, 4.69) is 31.8 Å². The number of carbonyl (C=O) groups is 3. The number of nitrogens with zero attached hydrogens (tertiary/aromatic N) is 1. The van der Waals surface area contributed by atoms with Crippen LogP contribution in [0.1, 0.15) is 19.4 Å². The minimum absolute atomic E-state index is 0.297. The van der Waals surface area contributed by atoms with Crippen molar-refractivity contribution in [2.45, 2.75) is 13.8 Å². The summed E-state index contributed by atoms with van der Waals surface area (Å²) in [6, 6.07) is 3.24. The number of hydrogen-bond donors (Lipinski definition) is 3. The molecule has 0 aliphatic carbocycles. The van der Waals surface area contributed by atoms with Gasteiger partial charge >= 0.3 is 11.8 Å². The number of nitrogens with one attached hydrogen (secondary N) is 2. The lowest BCUT2D eigenvalue weighted by molar-refractivity contribution is -0.139. The molecule has 0 aliphatic rings. The molecule has 9 nitrogen and oxygen atoms in total. The maximum atomic E-state index is 11.4. The molecule has 136 valence electrons. The number of likely N-dealkylation sites (N-methyl/N-ethyl adjacent to an activating group) is 1. The molecule has 1 rings (SSSR count). The molecule has 0 spiro atoms. The van der Waals surface area contributed by atoms with Gasteiger partial charge < -0.3 is 20.5 Å². The van der Waals surface area contributed by atoms with E-state index in [0.717, 1.165) is 0 Å². The summed E-state index contributed by atoms with van der Waals surface area (Å²) in [7, 11) is 0. The number of benzene rings is 1. The van der Waals surface area contributed by atoms with E-state index in [1.165, 1.54) is 6.21 Å². The van der Waals surface area contributed by atoms with Crippen molar-refractivity contribution in [2.24, 2.45) is 10.8 Å². The molecular formula is C15H19BrN4O5. The Morgan fingerprint density at radius 1 is 1.24 bits per heavy atom. The maximum absolute atomic E-state index is 11.4. The lowest BCUT2D eigenvalue weighted by Gasteiger charge is -2.13. The molecule has 0 aromatic heterocycles. The van der Waals surface area contributed by atoms with Crippen LogP contribution in [0.2, 0.25) is 0 Å². The van der Waals surface area contributed by atoms with Crippen LogP contribution in [0.25, 0.3) is 0 Å². The van der Waals surface area contributed by atoms with Gasteiger partial charge in [-0.3, -0.25) is 14.4 Å². The summed E-state index contributed by atoms with van der Waals surface area (Å²) in [4.78, 5) is 33.6. The van der Waals surface area contributed by atoms with Gasteiger partial charge in [0.05, 0.1) is 17.3 Å². The van der Waals surface area contributed by atoms with Gasteiger partial charge in [-0.2, -0.15) is 5.10 Å². The minimum atomic E-state index is -0.872. The number of primary amides is 1. The summed E-state index contributed by atoms with van der Waals surface area (Å²) in [6.07, 6.45) is 1.34. The lowest BCUT2D eigenvalue weighted by Crippen LogP contribution is -2.37. The van der Waals surface area contributed by atoms with E-state index in [1.807, 2.05) is 0 Å². The number of carbonyl (C=O) groups excluding carboxylic acids is 3. The van der Waals surface area contributed by atoms with Crippen molar-refractivity contribution in [3.8, 4) is 11.5 Å². The van der Waals surface area contributed by atoms with Crippen molar-refractivity contribution in [3.63, 3.8) is 0 Å². The molecule has 4 N–H and O–H groups in total. The Morgan fingerprint density at radius 3 is 2.56 bits per heavy atom. The molecule has 1 aromatic carbocycles. The van der Waals surface area contributed by atoms with Crippen LogP contribution < -0.4 is 25.9 Å². The molecule has 0 saturated carbocycles. The van der Waals surface area contributed by atoms with Crippen molar-refractivity contribution in [1.82, 2.24) is 10.7 Å². The van der Waals surface area contributed by atoms with E-state index in [0.29, 0.717) is 34.7 Å². The second-order valence-electron chi connectivity index (χ2n) is 4.58. The highest BCUT2D eigenvalue weighted by Crippen LogP contribution is 2.36. The first-order chi connectivity index (χ1) is 11.9. The number of rotatable bonds is 8. The van der Waals surface area contributed by atoms with E-state index >= 15 is 0 Å². The first-order valence-corrected chi connectivity index (χ1v) is 8.17. The highest BCUT2D eigenvalue weighted by molar-refractivity contribution is 9.10. The topological polar surface area (TPSA) is 132 Å². The van der Waals surface area contributed by atoms with Crippen LogP contribution in [-0.4, -0.2) is 43.7 Å². The van der Waals surface area contributed by atoms with Crippen molar-refractivity contribution < 1.29 is 23.9 Å². The lowest BCUT2D eigenvalue weighted by atomic mass is 10.2. The van der Waals surface area contributed by atoms with Gasteiger partial charge in [-0.1, -0.05) is 0 Å². The largest absolute Gasteiger partial charge is 0.490 e. The number of halogens is 1. The Bertz CT molecular complexity index is 678. The SMILES string of the molecule is CCNC(=O)C(=O)N/N=C\c1cc(Br)c(OCC(N)=O)c(OCC)c1. The van der Waals surface area contributed by atoms with Crippen LogP contribution in [0.15, 0.2) is 21.7 Å². The van der Waals surface area contributed by atoms with Crippen molar-refractivity contribution >= 4 is 39.9 Å². The molecule has 25 heavy (non-hydrogen) atoms. The van der Waals surface area contributed by atoms with Crippen LogP contribution in [0.3, 0.4) is 0 Å². The van der Waals surface area contributed by atoms with Crippen LogP contribution in [-0.2, 0) is 14.4 Å². The summed E-state index contributed by atoms with van der Waals surface area (Å²) in [5.74, 6) is -1.57. The number of amides is 3. The van der Waals surface area contributed by atoms with Gasteiger partial charge in [-0.25, -0.2) is 5.43 Å². The molecule has 0 heterocycles. The summed E-state index contributed by atoms with van der Waals surface area (Å²) in [5.41, 5.74) is 7.75. The predicted octanol–water partition coefficient (Wildman–Crippen LogP) is 0.298. The van der Waals surface area contributed by atoms with E-state index < -0.39 is 17.7 Å². The highest BCUT2D eigenvalue weighted by Gasteiger charge is 2.13. The number of hydrazone groups is 1. The Hall–Kier alpha value is -2.62.